The van der Waals surface area contributed by atoms with Crippen LogP contribution in [0.1, 0.15) is 37.0 Å². The summed E-state index contributed by atoms with van der Waals surface area (Å²) in [6.45, 7) is 8.02. The van der Waals surface area contributed by atoms with Gasteiger partial charge in [0, 0.05) is 11.3 Å². The molecule has 4 nitrogen and oxygen atoms in total. The van der Waals surface area contributed by atoms with Gasteiger partial charge in [-0.3, -0.25) is 4.79 Å². The van der Waals surface area contributed by atoms with Gasteiger partial charge in [-0.1, -0.05) is 31.2 Å². The van der Waals surface area contributed by atoms with Gasteiger partial charge in [-0.05, 0) is 62.6 Å². The Morgan fingerprint density at radius 2 is 1.96 bits per heavy atom. The molecule has 0 spiro atoms. The first kappa shape index (κ1) is 19.3. The van der Waals surface area contributed by atoms with Crippen LogP contribution in [0.15, 0.2) is 48.0 Å². The number of carbonyl (C=O) groups is 1. The van der Waals surface area contributed by atoms with Gasteiger partial charge < -0.3 is 10.1 Å². The molecule has 1 N–H and O–H groups in total. The first-order chi connectivity index (χ1) is 12.4. The van der Waals surface area contributed by atoms with E-state index >= 15 is 0 Å². The largest absolute Gasteiger partial charge is 0.490 e. The molecule has 0 saturated carbocycles. The van der Waals surface area contributed by atoms with E-state index in [0.717, 1.165) is 17.5 Å². The second-order valence-corrected chi connectivity index (χ2v) is 6.30. The molecule has 0 aromatic heterocycles. The fraction of sp³-hybridized carbons (Fsp3) is 0.273. The average molecular weight is 348 g/mol. The molecule has 0 aliphatic rings. The zero-order valence-corrected chi connectivity index (χ0v) is 15.7. The Kier molecular flexibility index (Phi) is 6.57. The number of carbonyl (C=O) groups excluding carboxylic acids is 1. The van der Waals surface area contributed by atoms with Crippen molar-refractivity contribution in [1.82, 2.24) is 0 Å². The number of hydrogen-bond acceptors (Lipinski definition) is 3. The van der Waals surface area contributed by atoms with E-state index in [-0.39, 0.29) is 11.7 Å². The highest BCUT2D eigenvalue weighted by Crippen LogP contribution is 2.23. The van der Waals surface area contributed by atoms with Crippen LogP contribution >= 0.6 is 0 Å². The molecule has 0 saturated heterocycles. The predicted molar refractivity (Wildman–Crippen MR) is 105 cm³/mol. The van der Waals surface area contributed by atoms with Gasteiger partial charge in [0.2, 0.25) is 0 Å². The van der Waals surface area contributed by atoms with Crippen molar-refractivity contribution in [2.24, 2.45) is 0 Å². The summed E-state index contributed by atoms with van der Waals surface area (Å²) in [6.07, 6.45) is 2.49. The maximum Gasteiger partial charge on any atom is 0.266 e. The third-order valence-corrected chi connectivity index (χ3v) is 4.25. The van der Waals surface area contributed by atoms with E-state index < -0.39 is 5.91 Å². The lowest BCUT2D eigenvalue weighted by molar-refractivity contribution is -0.112. The van der Waals surface area contributed by atoms with Gasteiger partial charge in [-0.2, -0.15) is 5.26 Å². The fourth-order valence-electron chi connectivity index (χ4n) is 2.33. The Morgan fingerprint density at radius 1 is 1.23 bits per heavy atom. The number of benzene rings is 2. The molecular weight excluding hydrogens is 324 g/mol. The maximum absolute atomic E-state index is 12.5. The maximum atomic E-state index is 12.5. The summed E-state index contributed by atoms with van der Waals surface area (Å²) < 4.78 is 5.88. The van der Waals surface area contributed by atoms with Crippen molar-refractivity contribution >= 4 is 17.7 Å². The monoisotopic (exact) mass is 348 g/mol. The van der Waals surface area contributed by atoms with Crippen molar-refractivity contribution in [3.05, 3.63) is 64.7 Å². The number of ether oxygens (including phenoxy) is 1. The topological polar surface area (TPSA) is 62.1 Å². The summed E-state index contributed by atoms with van der Waals surface area (Å²) in [5, 5.41) is 12.2. The van der Waals surface area contributed by atoms with Gasteiger partial charge in [0.1, 0.15) is 17.4 Å². The minimum Gasteiger partial charge on any atom is -0.490 e. The van der Waals surface area contributed by atoms with Crippen LogP contribution in [0.5, 0.6) is 5.75 Å². The normalized spacial score (nSPS) is 12.2. The lowest BCUT2D eigenvalue weighted by atomic mass is 10.1. The minimum atomic E-state index is -0.436. The number of amides is 1. The summed E-state index contributed by atoms with van der Waals surface area (Å²) in [4.78, 5) is 12.5. The highest BCUT2D eigenvalue weighted by Gasteiger charge is 2.12. The number of para-hydroxylation sites is 1. The highest BCUT2D eigenvalue weighted by molar-refractivity contribution is 6.09. The molecule has 134 valence electrons. The van der Waals surface area contributed by atoms with E-state index in [1.807, 2.05) is 76.2 Å². The van der Waals surface area contributed by atoms with Crippen molar-refractivity contribution in [2.75, 3.05) is 5.32 Å². The standard InChI is InChI=1S/C22H24N2O2/c1-5-17(4)26-21-9-7-6-8-18(21)13-19(14-23)22(25)24-20-11-10-15(2)16(3)12-20/h6-13,17H,5H2,1-4H3,(H,24,25)/b19-13+/t17-/m0/s1. The van der Waals surface area contributed by atoms with Gasteiger partial charge in [-0.25, -0.2) is 0 Å². The van der Waals surface area contributed by atoms with E-state index in [9.17, 15) is 10.1 Å². The molecule has 2 aromatic rings. The second-order valence-electron chi connectivity index (χ2n) is 6.30. The lowest BCUT2D eigenvalue weighted by Gasteiger charge is -2.14. The fourth-order valence-corrected chi connectivity index (χ4v) is 2.33. The Hall–Kier alpha value is -3.06. The molecule has 1 amide bonds. The van der Waals surface area contributed by atoms with Crippen molar-refractivity contribution in [3.63, 3.8) is 0 Å². The third kappa shape index (κ3) is 4.97. The Bertz CT molecular complexity index is 863. The van der Waals surface area contributed by atoms with Crippen LogP contribution < -0.4 is 10.1 Å². The molecule has 0 unspecified atom stereocenters. The van der Waals surface area contributed by atoms with Crippen molar-refractivity contribution in [3.8, 4) is 11.8 Å². The van der Waals surface area contributed by atoms with Gasteiger partial charge in [0.05, 0.1) is 6.10 Å². The molecular formula is C22H24N2O2. The van der Waals surface area contributed by atoms with Crippen LogP contribution in [0.2, 0.25) is 0 Å². The zero-order valence-electron chi connectivity index (χ0n) is 15.7. The predicted octanol–water partition coefficient (Wildman–Crippen LogP) is 5.03. The average Bonchev–Trinajstić information content (AvgIpc) is 2.63. The SMILES string of the molecule is CC[C@H](C)Oc1ccccc1/C=C(\C#N)C(=O)Nc1ccc(C)c(C)c1. The highest BCUT2D eigenvalue weighted by atomic mass is 16.5. The molecule has 4 heteroatoms. The third-order valence-electron chi connectivity index (χ3n) is 4.25. The van der Waals surface area contributed by atoms with Crippen LogP contribution in [0.4, 0.5) is 5.69 Å². The molecule has 0 aliphatic heterocycles. The number of nitriles is 1. The number of nitrogens with one attached hydrogen (secondary N) is 1. The zero-order chi connectivity index (χ0) is 19.1. The minimum absolute atomic E-state index is 0.0310. The van der Waals surface area contributed by atoms with Gasteiger partial charge in [0.25, 0.3) is 5.91 Å². The van der Waals surface area contributed by atoms with E-state index in [4.69, 9.17) is 4.74 Å². The van der Waals surface area contributed by atoms with E-state index in [2.05, 4.69) is 5.32 Å². The summed E-state index contributed by atoms with van der Waals surface area (Å²) in [5.41, 5.74) is 3.64. The summed E-state index contributed by atoms with van der Waals surface area (Å²) in [5.74, 6) is 0.225. The summed E-state index contributed by atoms with van der Waals surface area (Å²) in [7, 11) is 0. The number of nitrogens with zero attached hydrogens (tertiary/aromatic N) is 1. The molecule has 0 bridgehead atoms. The van der Waals surface area contributed by atoms with E-state index in [1.165, 1.54) is 0 Å². The first-order valence-electron chi connectivity index (χ1n) is 8.70. The van der Waals surface area contributed by atoms with Crippen molar-refractivity contribution in [1.29, 1.82) is 5.26 Å². The van der Waals surface area contributed by atoms with Gasteiger partial charge in [0.15, 0.2) is 0 Å². The smallest absolute Gasteiger partial charge is 0.266 e. The summed E-state index contributed by atoms with van der Waals surface area (Å²) in [6, 6.07) is 15.0. The number of rotatable bonds is 6. The molecule has 0 aliphatic carbocycles. The van der Waals surface area contributed by atoms with E-state index in [1.54, 1.807) is 6.08 Å². The second kappa shape index (κ2) is 8.87. The Morgan fingerprint density at radius 3 is 2.62 bits per heavy atom. The Balaban J connectivity index is 2.26. The van der Waals surface area contributed by atoms with Crippen molar-refractivity contribution in [2.45, 2.75) is 40.2 Å². The number of anilines is 1. The molecule has 2 aromatic carbocycles. The van der Waals surface area contributed by atoms with E-state index in [0.29, 0.717) is 17.0 Å². The van der Waals surface area contributed by atoms with Crippen LogP contribution in [-0.4, -0.2) is 12.0 Å². The van der Waals surface area contributed by atoms with Crippen LogP contribution in [0.3, 0.4) is 0 Å². The molecule has 0 fully saturated rings. The van der Waals surface area contributed by atoms with Gasteiger partial charge in [-0.15, -0.1) is 0 Å². The van der Waals surface area contributed by atoms with Crippen LogP contribution in [0.25, 0.3) is 6.08 Å². The first-order valence-corrected chi connectivity index (χ1v) is 8.70. The molecule has 1 atom stereocenters. The lowest BCUT2D eigenvalue weighted by Crippen LogP contribution is -2.14. The van der Waals surface area contributed by atoms with Crippen molar-refractivity contribution < 1.29 is 9.53 Å². The van der Waals surface area contributed by atoms with Crippen LogP contribution in [-0.2, 0) is 4.79 Å². The number of aryl methyl sites for hydroxylation is 2. The summed E-state index contributed by atoms with van der Waals surface area (Å²) >= 11 is 0. The Labute approximate surface area is 155 Å². The van der Waals surface area contributed by atoms with Crippen LogP contribution in [0, 0.1) is 25.2 Å². The number of hydrogen-bond donors (Lipinski definition) is 1. The molecule has 0 radical (unpaired) electrons. The molecule has 0 heterocycles. The molecule has 26 heavy (non-hydrogen) atoms. The molecule has 2 rings (SSSR count). The quantitative estimate of drug-likeness (QED) is 0.588. The van der Waals surface area contributed by atoms with Gasteiger partial charge >= 0.3 is 0 Å².